The first kappa shape index (κ1) is 11.0. The monoisotopic (exact) mass is 305 g/mol. The Morgan fingerprint density at radius 3 is 2.89 bits per heavy atom. The maximum Gasteiger partial charge on any atom is 0.296 e. The third-order valence-corrected chi connectivity index (χ3v) is 2.95. The minimum atomic E-state index is -0.178. The highest BCUT2D eigenvalue weighted by Crippen LogP contribution is 2.09. The average molecular weight is 306 g/mol. The first-order chi connectivity index (χ1) is 8.75. The molecule has 18 heavy (non-hydrogen) atoms. The molecule has 0 atom stereocenters. The maximum atomic E-state index is 12.2. The summed E-state index contributed by atoms with van der Waals surface area (Å²) in [7, 11) is 0. The second-order valence-electron chi connectivity index (χ2n) is 3.60. The lowest BCUT2D eigenvalue weighted by atomic mass is 10.4. The number of aromatic nitrogens is 5. The molecule has 7 heteroatoms. The van der Waals surface area contributed by atoms with Gasteiger partial charge in [0.15, 0.2) is 5.82 Å². The Balaban J connectivity index is 2.10. The van der Waals surface area contributed by atoms with Crippen LogP contribution in [0.4, 0.5) is 0 Å². The molecule has 0 saturated carbocycles. The number of H-pyrrole nitrogens is 1. The highest BCUT2D eigenvalue weighted by Gasteiger charge is 2.09. The molecule has 90 valence electrons. The fourth-order valence-corrected chi connectivity index (χ4v) is 1.85. The van der Waals surface area contributed by atoms with Crippen molar-refractivity contribution >= 4 is 15.9 Å². The summed E-state index contributed by atoms with van der Waals surface area (Å²) < 4.78 is 3.89. The normalized spacial score (nSPS) is 10.7. The second kappa shape index (κ2) is 4.26. The van der Waals surface area contributed by atoms with Crippen molar-refractivity contribution in [3.8, 4) is 11.5 Å². The average Bonchev–Trinajstić information content (AvgIpc) is 2.99. The number of imidazole rings is 1. The predicted molar refractivity (Wildman–Crippen MR) is 69.0 cm³/mol. The molecule has 0 aliphatic carbocycles. The van der Waals surface area contributed by atoms with Gasteiger partial charge in [0.2, 0.25) is 0 Å². The molecule has 0 amide bonds. The van der Waals surface area contributed by atoms with Crippen LogP contribution in [0.1, 0.15) is 0 Å². The summed E-state index contributed by atoms with van der Waals surface area (Å²) in [4.78, 5) is 20.3. The lowest BCUT2D eigenvalue weighted by Gasteiger charge is -1.99. The van der Waals surface area contributed by atoms with Gasteiger partial charge in [-0.25, -0.2) is 9.97 Å². The number of nitrogens with one attached hydrogen (secondary N) is 1. The van der Waals surface area contributed by atoms with E-state index in [1.165, 1.54) is 4.68 Å². The van der Waals surface area contributed by atoms with E-state index >= 15 is 0 Å². The van der Waals surface area contributed by atoms with Gasteiger partial charge in [-0.2, -0.15) is 4.68 Å². The number of aromatic amines is 1. The third kappa shape index (κ3) is 1.78. The van der Waals surface area contributed by atoms with E-state index in [0.717, 1.165) is 4.47 Å². The van der Waals surface area contributed by atoms with Gasteiger partial charge in [0.1, 0.15) is 5.69 Å². The van der Waals surface area contributed by atoms with Crippen LogP contribution in [0, 0.1) is 0 Å². The molecule has 3 heterocycles. The van der Waals surface area contributed by atoms with Crippen LogP contribution in [0.5, 0.6) is 0 Å². The summed E-state index contributed by atoms with van der Waals surface area (Å²) in [5.41, 5.74) is 0.319. The van der Waals surface area contributed by atoms with Gasteiger partial charge in [-0.05, 0) is 28.1 Å². The topological polar surface area (TPSA) is 68.5 Å². The number of nitrogens with zero attached hydrogens (tertiary/aromatic N) is 4. The number of hydrogen-bond donors (Lipinski definition) is 1. The molecule has 0 saturated heterocycles. The van der Waals surface area contributed by atoms with Gasteiger partial charge >= 0.3 is 0 Å². The van der Waals surface area contributed by atoms with E-state index in [2.05, 4.69) is 31.0 Å². The van der Waals surface area contributed by atoms with E-state index in [0.29, 0.717) is 11.5 Å². The van der Waals surface area contributed by atoms with E-state index in [9.17, 15) is 4.79 Å². The summed E-state index contributed by atoms with van der Waals surface area (Å²) in [6.07, 6.45) is 8.16. The Labute approximate surface area is 110 Å². The second-order valence-corrected chi connectivity index (χ2v) is 4.52. The summed E-state index contributed by atoms with van der Waals surface area (Å²) in [5.74, 6) is 0.537. The largest absolute Gasteiger partial charge is 0.300 e. The molecular formula is C11H8BrN5O. The zero-order valence-corrected chi connectivity index (χ0v) is 10.7. The summed E-state index contributed by atoms with van der Waals surface area (Å²) in [6.45, 7) is 0. The van der Waals surface area contributed by atoms with Crippen molar-refractivity contribution in [2.75, 3.05) is 0 Å². The van der Waals surface area contributed by atoms with E-state index in [1.54, 1.807) is 41.7 Å². The summed E-state index contributed by atoms with van der Waals surface area (Å²) in [6, 6.07) is 3.58. The highest BCUT2D eigenvalue weighted by atomic mass is 79.9. The minimum Gasteiger partial charge on any atom is -0.300 e. The van der Waals surface area contributed by atoms with Crippen molar-refractivity contribution in [2.24, 2.45) is 0 Å². The van der Waals surface area contributed by atoms with Crippen molar-refractivity contribution < 1.29 is 0 Å². The van der Waals surface area contributed by atoms with Gasteiger partial charge in [0, 0.05) is 29.3 Å². The molecule has 6 nitrogen and oxygen atoms in total. The Kier molecular flexibility index (Phi) is 2.60. The molecule has 3 rings (SSSR count). The molecule has 0 unspecified atom stereocenters. The molecule has 0 bridgehead atoms. The van der Waals surface area contributed by atoms with E-state index in [-0.39, 0.29) is 5.56 Å². The van der Waals surface area contributed by atoms with E-state index < -0.39 is 0 Å². The van der Waals surface area contributed by atoms with Gasteiger partial charge in [-0.3, -0.25) is 14.5 Å². The van der Waals surface area contributed by atoms with Gasteiger partial charge in [-0.15, -0.1) is 0 Å². The quantitative estimate of drug-likeness (QED) is 0.780. The van der Waals surface area contributed by atoms with Gasteiger partial charge in [0.05, 0.1) is 6.33 Å². The van der Waals surface area contributed by atoms with Crippen LogP contribution < -0.4 is 5.56 Å². The van der Waals surface area contributed by atoms with Gasteiger partial charge in [-0.1, -0.05) is 0 Å². The van der Waals surface area contributed by atoms with E-state index in [4.69, 9.17) is 0 Å². The first-order valence-corrected chi connectivity index (χ1v) is 5.96. The Morgan fingerprint density at radius 2 is 2.22 bits per heavy atom. The Hall–Kier alpha value is -2.15. The van der Waals surface area contributed by atoms with Gasteiger partial charge < -0.3 is 0 Å². The highest BCUT2D eigenvalue weighted by molar-refractivity contribution is 9.10. The van der Waals surface area contributed by atoms with Crippen molar-refractivity contribution in [1.29, 1.82) is 0 Å². The van der Waals surface area contributed by atoms with Crippen LogP contribution in [-0.2, 0) is 0 Å². The summed E-state index contributed by atoms with van der Waals surface area (Å²) in [5, 5.41) is 2.88. The fourth-order valence-electron chi connectivity index (χ4n) is 1.62. The lowest BCUT2D eigenvalue weighted by Crippen LogP contribution is -2.18. The molecule has 3 aromatic rings. The zero-order valence-electron chi connectivity index (χ0n) is 9.12. The third-order valence-electron chi connectivity index (χ3n) is 2.48. The smallest absolute Gasteiger partial charge is 0.296 e. The summed E-state index contributed by atoms with van der Waals surface area (Å²) >= 11 is 3.30. The van der Waals surface area contributed by atoms with Crippen LogP contribution in [0.15, 0.2) is 52.5 Å². The molecule has 0 aliphatic heterocycles. The first-order valence-electron chi connectivity index (χ1n) is 5.16. The molecule has 0 aromatic carbocycles. The number of hydrogen-bond acceptors (Lipinski definition) is 3. The molecule has 0 radical (unpaired) electrons. The van der Waals surface area contributed by atoms with Crippen molar-refractivity contribution in [3.05, 3.63) is 58.1 Å². The van der Waals surface area contributed by atoms with E-state index in [1.807, 2.05) is 6.07 Å². The SMILES string of the molecule is O=c1c(-n2ccnc2)c[nH]n1-c1ccc(Br)cn1. The molecule has 0 fully saturated rings. The van der Waals surface area contributed by atoms with Crippen LogP contribution in [0.25, 0.3) is 11.5 Å². The van der Waals surface area contributed by atoms with Crippen LogP contribution in [0.3, 0.4) is 0 Å². The number of rotatable bonds is 2. The predicted octanol–water partition coefficient (Wildman–Crippen LogP) is 1.51. The van der Waals surface area contributed by atoms with Crippen molar-refractivity contribution in [2.45, 2.75) is 0 Å². The van der Waals surface area contributed by atoms with Crippen LogP contribution in [0.2, 0.25) is 0 Å². The number of pyridine rings is 1. The van der Waals surface area contributed by atoms with Crippen LogP contribution >= 0.6 is 15.9 Å². The Morgan fingerprint density at radius 1 is 1.33 bits per heavy atom. The van der Waals surface area contributed by atoms with Crippen LogP contribution in [-0.4, -0.2) is 24.3 Å². The minimum absolute atomic E-state index is 0.178. The number of halogens is 1. The molecule has 1 N–H and O–H groups in total. The lowest BCUT2D eigenvalue weighted by molar-refractivity contribution is 0.816. The van der Waals surface area contributed by atoms with Crippen molar-refractivity contribution in [1.82, 2.24) is 24.3 Å². The Bertz CT molecular complexity index is 711. The zero-order chi connectivity index (χ0) is 12.5. The molecular weight excluding hydrogens is 298 g/mol. The van der Waals surface area contributed by atoms with Gasteiger partial charge in [0.25, 0.3) is 5.56 Å². The molecule has 0 aliphatic rings. The van der Waals surface area contributed by atoms with Crippen molar-refractivity contribution in [3.63, 3.8) is 0 Å². The molecule has 0 spiro atoms. The maximum absolute atomic E-state index is 12.2. The molecule has 3 aromatic heterocycles. The standard InChI is InChI=1S/C11H8BrN5O/c12-8-1-2-10(14-5-8)17-11(18)9(6-15-17)16-4-3-13-7-16/h1-7,15H. The fraction of sp³-hybridized carbons (Fsp3) is 0.